The van der Waals surface area contributed by atoms with Gasteiger partial charge in [-0.05, 0) is 70.2 Å². The number of hydrogen-bond acceptors (Lipinski definition) is 3. The number of rotatable bonds is 5. The van der Waals surface area contributed by atoms with Crippen LogP contribution in [0.4, 0.5) is 13.2 Å². The Morgan fingerprint density at radius 3 is 2.58 bits per heavy atom. The van der Waals surface area contributed by atoms with Crippen molar-refractivity contribution in [3.8, 4) is 0 Å². The quantitative estimate of drug-likeness (QED) is 0.462. The average Bonchev–Trinajstić information content (AvgIpc) is 3.27. The zero-order valence-electron chi connectivity index (χ0n) is 19.6. The number of hydrogen-bond donors (Lipinski definition) is 1. The van der Waals surface area contributed by atoms with Gasteiger partial charge >= 0.3 is 6.18 Å². The maximum Gasteiger partial charge on any atom is 0.393 e. The van der Waals surface area contributed by atoms with Crippen LogP contribution in [0.1, 0.15) is 67.7 Å². The lowest BCUT2D eigenvalue weighted by Gasteiger charge is -2.29. The van der Waals surface area contributed by atoms with Gasteiger partial charge in [-0.2, -0.15) is 18.3 Å². The van der Waals surface area contributed by atoms with Crippen molar-refractivity contribution in [3.63, 3.8) is 0 Å². The summed E-state index contributed by atoms with van der Waals surface area (Å²) in [7, 11) is 2.01. The second-order valence-corrected chi connectivity index (χ2v) is 8.98. The molecule has 3 rings (SSSR count). The summed E-state index contributed by atoms with van der Waals surface area (Å²) in [5, 5.41) is 7.26. The summed E-state index contributed by atoms with van der Waals surface area (Å²) in [5.41, 5.74) is 6.42. The van der Waals surface area contributed by atoms with E-state index in [1.54, 1.807) is 18.2 Å². The number of carbonyl (C=O) groups excluding carboxylic acids is 1. The fraction of sp³-hybridized carbons (Fsp3) is 0.560. The van der Waals surface area contributed by atoms with E-state index in [2.05, 4.69) is 20.8 Å². The first kappa shape index (κ1) is 25.1. The van der Waals surface area contributed by atoms with Crippen molar-refractivity contribution in [2.45, 2.75) is 65.2 Å². The number of allylic oxidation sites excluding steroid dienone is 5. The van der Waals surface area contributed by atoms with Crippen LogP contribution in [0.5, 0.6) is 0 Å². The molecule has 0 atom stereocenters. The summed E-state index contributed by atoms with van der Waals surface area (Å²) in [4.78, 5) is 17.1. The minimum Gasteiger partial charge on any atom is -0.337 e. The fourth-order valence-corrected chi connectivity index (χ4v) is 4.66. The predicted octanol–water partition coefficient (Wildman–Crippen LogP) is 5.54. The van der Waals surface area contributed by atoms with E-state index >= 15 is 0 Å². The van der Waals surface area contributed by atoms with Gasteiger partial charge in [-0.15, -0.1) is 5.73 Å². The Morgan fingerprint density at radius 2 is 1.94 bits per heavy atom. The number of likely N-dealkylation sites (tertiary alicyclic amines) is 1. The van der Waals surface area contributed by atoms with Gasteiger partial charge in [-0.25, -0.2) is 0 Å². The number of aromatic nitrogens is 2. The Labute approximate surface area is 193 Å². The normalized spacial score (nSPS) is 19.0. The molecule has 180 valence electrons. The lowest BCUT2D eigenvalue weighted by Crippen LogP contribution is -2.35. The molecule has 5 nitrogen and oxygen atoms in total. The van der Waals surface area contributed by atoms with E-state index < -0.39 is 12.6 Å². The summed E-state index contributed by atoms with van der Waals surface area (Å²) >= 11 is 0. The van der Waals surface area contributed by atoms with Gasteiger partial charge in [-0.1, -0.05) is 17.7 Å². The number of H-pyrrole nitrogens is 1. The third-order valence-corrected chi connectivity index (χ3v) is 6.41. The predicted molar refractivity (Wildman–Crippen MR) is 122 cm³/mol. The van der Waals surface area contributed by atoms with Crippen molar-refractivity contribution in [3.05, 3.63) is 58.1 Å². The summed E-state index contributed by atoms with van der Waals surface area (Å²) in [5.74, 6) is 0.0194. The van der Waals surface area contributed by atoms with Crippen molar-refractivity contribution in [1.82, 2.24) is 20.0 Å². The van der Waals surface area contributed by atoms with E-state index in [0.29, 0.717) is 25.3 Å². The molecular weight excluding hydrogens is 429 g/mol. The number of fused-ring (bicyclic) bond motifs is 1. The highest BCUT2D eigenvalue weighted by atomic mass is 19.4. The molecule has 2 aliphatic rings. The van der Waals surface area contributed by atoms with Gasteiger partial charge in [0.25, 0.3) is 5.91 Å². The van der Waals surface area contributed by atoms with E-state index in [4.69, 9.17) is 0 Å². The molecule has 0 aliphatic carbocycles. The number of aromatic amines is 1. The number of halogens is 3. The second-order valence-electron chi connectivity index (χ2n) is 8.98. The number of alkyl halides is 3. The van der Waals surface area contributed by atoms with E-state index in [1.165, 1.54) is 6.08 Å². The Kier molecular flexibility index (Phi) is 8.38. The van der Waals surface area contributed by atoms with Crippen LogP contribution in [-0.2, 0) is 13.1 Å². The van der Waals surface area contributed by atoms with Crippen LogP contribution < -0.4 is 0 Å². The van der Waals surface area contributed by atoms with Crippen LogP contribution in [0.25, 0.3) is 0 Å². The van der Waals surface area contributed by atoms with Crippen LogP contribution in [-0.4, -0.2) is 52.2 Å². The van der Waals surface area contributed by atoms with E-state index in [1.807, 2.05) is 25.8 Å². The van der Waals surface area contributed by atoms with Crippen molar-refractivity contribution >= 4 is 5.91 Å². The third kappa shape index (κ3) is 6.71. The Morgan fingerprint density at radius 1 is 1.24 bits per heavy atom. The zero-order valence-corrected chi connectivity index (χ0v) is 19.6. The van der Waals surface area contributed by atoms with E-state index in [0.717, 1.165) is 49.1 Å². The van der Waals surface area contributed by atoms with Gasteiger partial charge in [0.2, 0.25) is 0 Å². The Hall–Kier alpha value is -2.57. The van der Waals surface area contributed by atoms with E-state index in [-0.39, 0.29) is 17.4 Å². The molecule has 33 heavy (non-hydrogen) atoms. The zero-order chi connectivity index (χ0) is 24.0. The maximum absolute atomic E-state index is 13.2. The monoisotopic (exact) mass is 462 g/mol. The highest BCUT2D eigenvalue weighted by Crippen LogP contribution is 2.33. The topological polar surface area (TPSA) is 52.2 Å². The number of nitrogens with one attached hydrogen (secondary N) is 1. The maximum atomic E-state index is 13.2. The van der Waals surface area contributed by atoms with Gasteiger partial charge in [0.1, 0.15) is 0 Å². The molecule has 0 saturated carbocycles. The molecule has 1 amide bonds. The summed E-state index contributed by atoms with van der Waals surface area (Å²) in [6, 6.07) is 0. The first-order chi connectivity index (χ1) is 15.7. The minimum atomic E-state index is -4.27. The highest BCUT2D eigenvalue weighted by molar-refractivity contribution is 5.94. The Bertz CT molecular complexity index is 957. The summed E-state index contributed by atoms with van der Waals surface area (Å²) in [6.07, 6.45) is 4.42. The second kappa shape index (κ2) is 11.0. The highest BCUT2D eigenvalue weighted by Gasteiger charge is 2.31. The van der Waals surface area contributed by atoms with Gasteiger partial charge in [0.05, 0.1) is 12.1 Å². The molecular formula is C25H33F3N4O. The average molecular weight is 463 g/mol. The van der Waals surface area contributed by atoms with Crippen LogP contribution in [0.3, 0.4) is 0 Å². The molecule has 8 heteroatoms. The number of carbonyl (C=O) groups is 1. The molecule has 1 aromatic heterocycles. The lowest BCUT2D eigenvalue weighted by atomic mass is 9.85. The fourth-order valence-electron chi connectivity index (χ4n) is 4.66. The van der Waals surface area contributed by atoms with Crippen molar-refractivity contribution in [2.24, 2.45) is 5.92 Å². The van der Waals surface area contributed by atoms with Crippen molar-refractivity contribution in [2.75, 3.05) is 20.1 Å². The number of amides is 1. The molecule has 3 heterocycles. The molecule has 0 unspecified atom stereocenters. The third-order valence-electron chi connectivity index (χ3n) is 6.41. The van der Waals surface area contributed by atoms with Crippen LogP contribution in [0, 0.1) is 5.92 Å². The van der Waals surface area contributed by atoms with Gasteiger partial charge < -0.3 is 4.90 Å². The molecule has 1 fully saturated rings. The number of nitrogens with zero attached hydrogens (tertiary/aromatic N) is 3. The van der Waals surface area contributed by atoms with Gasteiger partial charge in [0, 0.05) is 31.7 Å². The van der Waals surface area contributed by atoms with Crippen molar-refractivity contribution < 1.29 is 18.0 Å². The molecule has 0 bridgehead atoms. The Balaban J connectivity index is 1.69. The smallest absolute Gasteiger partial charge is 0.337 e. The van der Waals surface area contributed by atoms with Gasteiger partial charge in [-0.3, -0.25) is 14.8 Å². The molecule has 0 spiro atoms. The largest absolute Gasteiger partial charge is 0.393 e. The molecule has 1 aromatic rings. The summed E-state index contributed by atoms with van der Waals surface area (Å²) in [6.45, 7) is 6.31. The standard InChI is InChI=1S/C25H33F3N4O/c1-4-5-6-7-10-20(15-25(26,27)28)18(2)19-11-8-13-32(14-9-12-19)24(33)23-21-16-31(3)17-22(21)29-30-23/h4-6,10,19H,8-9,11-17H2,1-3H3,(H,29,30)/b5-4-,20-18-. The van der Waals surface area contributed by atoms with Crippen molar-refractivity contribution in [1.29, 1.82) is 0 Å². The summed E-state index contributed by atoms with van der Waals surface area (Å²) < 4.78 is 39.6. The minimum absolute atomic E-state index is 0.0525. The first-order valence-corrected chi connectivity index (χ1v) is 11.5. The van der Waals surface area contributed by atoms with E-state index in [9.17, 15) is 18.0 Å². The first-order valence-electron chi connectivity index (χ1n) is 11.5. The van der Waals surface area contributed by atoms with Gasteiger partial charge in [0.15, 0.2) is 5.69 Å². The molecule has 0 radical (unpaired) electrons. The van der Waals surface area contributed by atoms with Crippen LogP contribution >= 0.6 is 0 Å². The molecule has 0 aromatic carbocycles. The molecule has 2 aliphatic heterocycles. The molecule has 1 N–H and O–H groups in total. The molecule has 1 saturated heterocycles. The van der Waals surface area contributed by atoms with Crippen LogP contribution in [0.2, 0.25) is 0 Å². The van der Waals surface area contributed by atoms with Crippen LogP contribution in [0.15, 0.2) is 41.2 Å². The lowest BCUT2D eigenvalue weighted by molar-refractivity contribution is -0.126. The SMILES string of the molecule is C/C=C\C=C=C/C(CC(F)(F)F)=C(\C)C1CCCN(C(=O)c2n[nH]c3c2CN(C)C3)CCC1.